The van der Waals surface area contributed by atoms with Gasteiger partial charge in [-0.05, 0) is 23.8 Å². The molecule has 3 N–H and O–H groups in total. The summed E-state index contributed by atoms with van der Waals surface area (Å²) < 4.78 is 18.7. The van der Waals surface area contributed by atoms with Crippen LogP contribution in [0.4, 0.5) is 4.39 Å². The highest BCUT2D eigenvalue weighted by atomic mass is 35.5. The lowest BCUT2D eigenvalue weighted by Gasteiger charge is -2.17. The van der Waals surface area contributed by atoms with E-state index in [0.29, 0.717) is 12.2 Å². The Labute approximate surface area is 98.0 Å². The molecule has 0 aliphatic carbocycles. The molecular formula is C11H12ClFN2O. The highest BCUT2D eigenvalue weighted by Gasteiger charge is 2.20. The van der Waals surface area contributed by atoms with Crippen LogP contribution in [0.15, 0.2) is 30.0 Å². The van der Waals surface area contributed by atoms with E-state index in [1.54, 1.807) is 6.07 Å². The molecule has 3 nitrogen and oxygen atoms in total. The van der Waals surface area contributed by atoms with E-state index in [2.05, 4.69) is 5.43 Å². The molecule has 0 aromatic heterocycles. The number of rotatable bonds is 3. The van der Waals surface area contributed by atoms with Crippen LogP contribution in [0, 0.1) is 5.82 Å². The number of hydrogen-bond donors (Lipinski definition) is 2. The molecule has 1 aromatic carbocycles. The van der Waals surface area contributed by atoms with Crippen LogP contribution < -0.4 is 11.3 Å². The molecule has 5 heteroatoms. The molecule has 16 heavy (non-hydrogen) atoms. The van der Waals surface area contributed by atoms with E-state index < -0.39 is 5.82 Å². The summed E-state index contributed by atoms with van der Waals surface area (Å²) >= 11 is 5.62. The number of ether oxygens (including phenoxy) is 1. The fourth-order valence-corrected chi connectivity index (χ4v) is 1.79. The highest BCUT2D eigenvalue weighted by Crippen LogP contribution is 2.27. The summed E-state index contributed by atoms with van der Waals surface area (Å²) in [4.78, 5) is 0. The fraction of sp³-hybridized carbons (Fsp3) is 0.273. The topological polar surface area (TPSA) is 47.3 Å². The maximum atomic E-state index is 13.3. The second-order valence-electron chi connectivity index (χ2n) is 3.52. The molecule has 0 fully saturated rings. The van der Waals surface area contributed by atoms with Crippen molar-refractivity contribution in [2.45, 2.75) is 12.5 Å². The Bertz CT molecular complexity index is 422. The third-order valence-electron chi connectivity index (χ3n) is 2.46. The standard InChI is InChI=1S/C11H12ClFN2O/c12-8-4-3-7(6-9(8)13)11(15-14)10-2-1-5-16-10/h2-4,6,11,15H,1,5,14H2. The third kappa shape index (κ3) is 2.19. The van der Waals surface area contributed by atoms with E-state index in [0.717, 1.165) is 12.2 Å². The summed E-state index contributed by atoms with van der Waals surface area (Å²) in [6.45, 7) is 0.642. The molecule has 1 aromatic rings. The predicted octanol–water partition coefficient (Wildman–Crippen LogP) is 2.29. The lowest BCUT2D eigenvalue weighted by Crippen LogP contribution is -2.29. The zero-order valence-corrected chi connectivity index (χ0v) is 9.30. The summed E-state index contributed by atoms with van der Waals surface area (Å²) in [6, 6.07) is 4.26. The van der Waals surface area contributed by atoms with Gasteiger partial charge < -0.3 is 4.74 Å². The molecule has 0 spiro atoms. The second kappa shape index (κ2) is 4.82. The molecule has 1 atom stereocenters. The summed E-state index contributed by atoms with van der Waals surface area (Å²) in [7, 11) is 0. The zero-order valence-electron chi connectivity index (χ0n) is 8.54. The molecule has 0 radical (unpaired) electrons. The Morgan fingerprint density at radius 2 is 2.31 bits per heavy atom. The number of halogens is 2. The highest BCUT2D eigenvalue weighted by molar-refractivity contribution is 6.30. The minimum absolute atomic E-state index is 0.0980. The maximum absolute atomic E-state index is 13.3. The molecule has 1 unspecified atom stereocenters. The van der Waals surface area contributed by atoms with Crippen LogP contribution in [-0.4, -0.2) is 6.61 Å². The Balaban J connectivity index is 2.29. The van der Waals surface area contributed by atoms with Gasteiger partial charge in [0.05, 0.1) is 11.6 Å². The van der Waals surface area contributed by atoms with Crippen LogP contribution in [-0.2, 0) is 4.74 Å². The molecular weight excluding hydrogens is 231 g/mol. The van der Waals surface area contributed by atoms with Crippen LogP contribution in [0.1, 0.15) is 18.0 Å². The van der Waals surface area contributed by atoms with Gasteiger partial charge in [0.1, 0.15) is 17.6 Å². The number of hydrazine groups is 1. The minimum Gasteiger partial charge on any atom is -0.496 e. The van der Waals surface area contributed by atoms with Crippen LogP contribution >= 0.6 is 11.6 Å². The quantitative estimate of drug-likeness (QED) is 0.632. The second-order valence-corrected chi connectivity index (χ2v) is 3.92. The monoisotopic (exact) mass is 242 g/mol. The molecule has 1 heterocycles. The fourth-order valence-electron chi connectivity index (χ4n) is 1.67. The van der Waals surface area contributed by atoms with E-state index in [1.807, 2.05) is 6.08 Å². The first-order valence-electron chi connectivity index (χ1n) is 4.96. The Hall–Kier alpha value is -1.10. The van der Waals surface area contributed by atoms with Crippen molar-refractivity contribution in [1.82, 2.24) is 5.43 Å². The molecule has 1 aliphatic rings. The molecule has 86 valence electrons. The van der Waals surface area contributed by atoms with E-state index in [4.69, 9.17) is 22.2 Å². The SMILES string of the molecule is NNC(C1=CCCO1)c1ccc(Cl)c(F)c1. The van der Waals surface area contributed by atoms with Gasteiger partial charge in [-0.3, -0.25) is 5.84 Å². The Morgan fingerprint density at radius 1 is 1.50 bits per heavy atom. The van der Waals surface area contributed by atoms with Crippen molar-refractivity contribution in [1.29, 1.82) is 0 Å². The van der Waals surface area contributed by atoms with Crippen LogP contribution in [0.25, 0.3) is 0 Å². The number of benzene rings is 1. The van der Waals surface area contributed by atoms with E-state index >= 15 is 0 Å². The van der Waals surface area contributed by atoms with Gasteiger partial charge in [-0.2, -0.15) is 0 Å². The first-order valence-corrected chi connectivity index (χ1v) is 5.34. The third-order valence-corrected chi connectivity index (χ3v) is 2.77. The maximum Gasteiger partial charge on any atom is 0.142 e. The van der Waals surface area contributed by atoms with Gasteiger partial charge >= 0.3 is 0 Å². The average Bonchev–Trinajstić information content (AvgIpc) is 2.78. The Morgan fingerprint density at radius 3 is 2.88 bits per heavy atom. The smallest absolute Gasteiger partial charge is 0.142 e. The predicted molar refractivity (Wildman–Crippen MR) is 60.1 cm³/mol. The van der Waals surface area contributed by atoms with Gasteiger partial charge in [-0.15, -0.1) is 0 Å². The van der Waals surface area contributed by atoms with Gasteiger partial charge in [0.25, 0.3) is 0 Å². The van der Waals surface area contributed by atoms with E-state index in [9.17, 15) is 4.39 Å². The van der Waals surface area contributed by atoms with Crippen molar-refractivity contribution in [3.63, 3.8) is 0 Å². The van der Waals surface area contributed by atoms with Crippen LogP contribution in [0.2, 0.25) is 5.02 Å². The number of hydrogen-bond acceptors (Lipinski definition) is 3. The molecule has 0 bridgehead atoms. The van der Waals surface area contributed by atoms with Gasteiger partial charge in [-0.25, -0.2) is 9.82 Å². The lowest BCUT2D eigenvalue weighted by atomic mass is 10.1. The lowest BCUT2D eigenvalue weighted by molar-refractivity contribution is 0.215. The largest absolute Gasteiger partial charge is 0.496 e. The van der Waals surface area contributed by atoms with Crippen molar-refractivity contribution in [2.24, 2.45) is 5.84 Å². The van der Waals surface area contributed by atoms with Crippen molar-refractivity contribution in [2.75, 3.05) is 6.61 Å². The van der Waals surface area contributed by atoms with Crippen LogP contribution in [0.3, 0.4) is 0 Å². The van der Waals surface area contributed by atoms with Gasteiger partial charge in [0.2, 0.25) is 0 Å². The molecule has 1 aliphatic heterocycles. The summed E-state index contributed by atoms with van der Waals surface area (Å²) in [6.07, 6.45) is 2.79. The molecule has 0 saturated heterocycles. The van der Waals surface area contributed by atoms with Gasteiger partial charge in [-0.1, -0.05) is 17.7 Å². The first-order chi connectivity index (χ1) is 7.72. The zero-order chi connectivity index (χ0) is 11.5. The van der Waals surface area contributed by atoms with Gasteiger partial charge in [0, 0.05) is 6.42 Å². The molecule has 2 rings (SSSR count). The number of nitrogens with two attached hydrogens (primary N) is 1. The normalized spacial score (nSPS) is 16.8. The summed E-state index contributed by atoms with van der Waals surface area (Å²) in [5.74, 6) is 5.71. The average molecular weight is 243 g/mol. The summed E-state index contributed by atoms with van der Waals surface area (Å²) in [5, 5.41) is 0.0980. The first kappa shape index (κ1) is 11.4. The molecule has 0 saturated carbocycles. The van der Waals surface area contributed by atoms with Crippen molar-refractivity contribution >= 4 is 11.6 Å². The van der Waals surface area contributed by atoms with Crippen LogP contribution in [0.5, 0.6) is 0 Å². The van der Waals surface area contributed by atoms with Crippen molar-refractivity contribution in [3.05, 3.63) is 46.4 Å². The van der Waals surface area contributed by atoms with E-state index in [1.165, 1.54) is 12.1 Å². The van der Waals surface area contributed by atoms with Gasteiger partial charge in [0.15, 0.2) is 0 Å². The molecule has 0 amide bonds. The summed E-state index contributed by atoms with van der Waals surface area (Å²) in [5.41, 5.74) is 3.30. The van der Waals surface area contributed by atoms with Crippen molar-refractivity contribution in [3.8, 4) is 0 Å². The van der Waals surface area contributed by atoms with E-state index in [-0.39, 0.29) is 11.1 Å². The Kier molecular flexibility index (Phi) is 3.43. The minimum atomic E-state index is -0.460. The number of nitrogens with one attached hydrogen (secondary N) is 1. The van der Waals surface area contributed by atoms with Crippen molar-refractivity contribution < 1.29 is 9.13 Å².